The van der Waals surface area contributed by atoms with Gasteiger partial charge in [-0.25, -0.2) is 9.00 Å². The number of imidazole rings is 1. The van der Waals surface area contributed by atoms with Crippen LogP contribution in [0.2, 0.25) is 0 Å². The Morgan fingerprint density at radius 3 is 1.74 bits per heavy atom. The highest BCUT2D eigenvalue weighted by molar-refractivity contribution is 7.79. The summed E-state index contributed by atoms with van der Waals surface area (Å²) in [6.07, 6.45) is 4.50. The third kappa shape index (κ3) is 5.64. The molecule has 5 nitrogen and oxygen atoms in total. The molecule has 34 heavy (non-hydrogen) atoms. The van der Waals surface area contributed by atoms with Gasteiger partial charge in [-0.2, -0.15) is 0 Å². The van der Waals surface area contributed by atoms with Crippen molar-refractivity contribution in [3.8, 4) is 28.2 Å². The molecule has 0 bridgehead atoms. The first-order chi connectivity index (χ1) is 16.7. The number of hydrogen-bond acceptors (Lipinski definition) is 2. The Kier molecular flexibility index (Phi) is 8.28. The van der Waals surface area contributed by atoms with E-state index in [1.54, 1.807) is 0 Å². The molecule has 1 aromatic heterocycles. The van der Waals surface area contributed by atoms with Crippen molar-refractivity contribution in [3.63, 3.8) is 0 Å². The maximum atomic E-state index is 13.9. The summed E-state index contributed by atoms with van der Waals surface area (Å²) in [6.45, 7) is 0.620. The van der Waals surface area contributed by atoms with Gasteiger partial charge in [0.05, 0.1) is 17.1 Å². The van der Waals surface area contributed by atoms with Crippen LogP contribution < -0.4 is 5.69 Å². The second-order valence-corrected chi connectivity index (χ2v) is 9.38. The van der Waals surface area contributed by atoms with Crippen LogP contribution in [-0.2, 0) is 17.6 Å². The summed E-state index contributed by atoms with van der Waals surface area (Å²) in [4.78, 5) is 13.9. The van der Waals surface area contributed by atoms with Gasteiger partial charge in [0.2, 0.25) is 0 Å². The highest BCUT2D eigenvalue weighted by atomic mass is 32.2. The zero-order valence-electron chi connectivity index (χ0n) is 19.2. The number of rotatable bonds is 11. The molecule has 1 heterocycles. The van der Waals surface area contributed by atoms with Crippen LogP contribution in [0.3, 0.4) is 0 Å². The van der Waals surface area contributed by atoms with E-state index in [1.165, 1.54) is 0 Å². The van der Waals surface area contributed by atoms with E-state index in [4.69, 9.17) is 4.55 Å². The molecule has 0 saturated heterocycles. The van der Waals surface area contributed by atoms with Crippen LogP contribution in [-0.4, -0.2) is 23.6 Å². The quantitative estimate of drug-likeness (QED) is 0.210. The van der Waals surface area contributed by atoms with Gasteiger partial charge in [-0.1, -0.05) is 98.1 Å². The molecule has 0 aliphatic rings. The van der Waals surface area contributed by atoms with Crippen LogP contribution >= 0.6 is 0 Å². The monoisotopic (exact) mass is 474 g/mol. The Hall–Kier alpha value is -3.22. The molecule has 1 atom stereocenters. The van der Waals surface area contributed by atoms with Crippen molar-refractivity contribution in [1.29, 1.82) is 0 Å². The van der Waals surface area contributed by atoms with E-state index < -0.39 is 11.1 Å². The molecular formula is C28H30N2O3S. The molecule has 1 N–H and O–H groups in total. The fourth-order valence-corrected chi connectivity index (χ4v) is 4.80. The Labute approximate surface area is 203 Å². The molecule has 0 radical (unpaired) electrons. The molecular weight excluding hydrogens is 444 g/mol. The summed E-state index contributed by atoms with van der Waals surface area (Å²) in [5.74, 6) is 0.331. The summed E-state index contributed by atoms with van der Waals surface area (Å²) < 4.78 is 23.5. The third-order valence-corrected chi connectivity index (χ3v) is 6.59. The zero-order chi connectivity index (χ0) is 23.8. The van der Waals surface area contributed by atoms with Gasteiger partial charge in [-0.3, -0.25) is 9.13 Å². The first-order valence-corrected chi connectivity index (χ1v) is 13.0. The lowest BCUT2D eigenvalue weighted by Crippen LogP contribution is -2.24. The average Bonchev–Trinajstić information content (AvgIpc) is 3.17. The van der Waals surface area contributed by atoms with Crippen LogP contribution in [0, 0.1) is 0 Å². The lowest BCUT2D eigenvalue weighted by atomic mass is 10.0. The van der Waals surface area contributed by atoms with Crippen LogP contribution in [0.4, 0.5) is 0 Å². The van der Waals surface area contributed by atoms with Crippen molar-refractivity contribution < 1.29 is 8.76 Å². The van der Waals surface area contributed by atoms with Gasteiger partial charge in [0.15, 0.2) is 11.1 Å². The first kappa shape index (κ1) is 23.9. The summed E-state index contributed by atoms with van der Waals surface area (Å²) in [6, 6.07) is 30.0. The van der Waals surface area contributed by atoms with E-state index in [0.717, 1.165) is 60.3 Å². The lowest BCUT2D eigenvalue weighted by molar-refractivity contribution is 0.545. The molecule has 0 amide bonds. The first-order valence-electron chi connectivity index (χ1n) is 11.8. The molecule has 0 saturated carbocycles. The number of hydrogen-bond donors (Lipinski definition) is 1. The maximum absolute atomic E-state index is 13.9. The Balaban J connectivity index is 1.74. The van der Waals surface area contributed by atoms with E-state index >= 15 is 0 Å². The Bertz CT molecular complexity index is 1270. The molecule has 1 unspecified atom stereocenters. The molecule has 0 fully saturated rings. The van der Waals surface area contributed by atoms with Gasteiger partial charge in [0, 0.05) is 23.4 Å². The van der Waals surface area contributed by atoms with Crippen LogP contribution in [0.15, 0.2) is 95.8 Å². The molecule has 176 valence electrons. The number of benzene rings is 3. The van der Waals surface area contributed by atoms with Crippen LogP contribution in [0.25, 0.3) is 28.2 Å². The van der Waals surface area contributed by atoms with Crippen molar-refractivity contribution in [2.75, 3.05) is 5.75 Å². The van der Waals surface area contributed by atoms with E-state index in [-0.39, 0.29) is 5.69 Å². The summed E-state index contributed by atoms with van der Waals surface area (Å²) >= 11 is -1.71. The highest BCUT2D eigenvalue weighted by Gasteiger charge is 2.23. The van der Waals surface area contributed by atoms with Crippen molar-refractivity contribution in [2.24, 2.45) is 0 Å². The van der Waals surface area contributed by atoms with E-state index in [2.05, 4.69) is 24.3 Å². The van der Waals surface area contributed by atoms with Crippen molar-refractivity contribution in [2.45, 2.75) is 38.6 Å². The summed E-state index contributed by atoms with van der Waals surface area (Å²) in [5.41, 5.74) is 4.64. The fourth-order valence-electron chi connectivity index (χ4n) is 4.35. The van der Waals surface area contributed by atoms with E-state index in [0.29, 0.717) is 12.3 Å². The largest absolute Gasteiger partial charge is 0.333 e. The van der Waals surface area contributed by atoms with Gasteiger partial charge in [0.25, 0.3) is 0 Å². The zero-order valence-corrected chi connectivity index (χ0v) is 20.0. The number of nitrogens with zero attached hydrogens (tertiary/aromatic N) is 2. The maximum Gasteiger partial charge on any atom is 0.333 e. The highest BCUT2D eigenvalue weighted by Crippen LogP contribution is 2.33. The third-order valence-electron chi connectivity index (χ3n) is 5.95. The second-order valence-electron chi connectivity index (χ2n) is 8.33. The molecule has 6 heteroatoms. The van der Waals surface area contributed by atoms with Gasteiger partial charge in [-0.15, -0.1) is 0 Å². The topological polar surface area (TPSA) is 64.2 Å². The van der Waals surface area contributed by atoms with Gasteiger partial charge < -0.3 is 4.55 Å². The smallest absolute Gasteiger partial charge is 0.306 e. The summed E-state index contributed by atoms with van der Waals surface area (Å²) in [5, 5.41) is 0. The normalized spacial score (nSPS) is 12.0. The summed E-state index contributed by atoms with van der Waals surface area (Å²) in [7, 11) is 0. The SMILES string of the molecule is O=c1n(CCCCCCCS(=O)O)c(-c2ccccc2)c(-c2ccccc2)n1-c1ccccc1. The number of para-hydroxylation sites is 1. The Morgan fingerprint density at radius 2 is 1.15 bits per heavy atom. The second kappa shape index (κ2) is 11.8. The van der Waals surface area contributed by atoms with Crippen molar-refractivity contribution in [3.05, 3.63) is 101 Å². The average molecular weight is 475 g/mol. The molecule has 0 aliphatic carbocycles. The predicted molar refractivity (Wildman–Crippen MR) is 140 cm³/mol. The van der Waals surface area contributed by atoms with Crippen molar-refractivity contribution in [1.82, 2.24) is 9.13 Å². The lowest BCUT2D eigenvalue weighted by Gasteiger charge is -2.12. The predicted octanol–water partition coefficient (Wildman–Crippen LogP) is 6.15. The van der Waals surface area contributed by atoms with Gasteiger partial charge in [-0.05, 0) is 25.0 Å². The molecule has 3 aromatic carbocycles. The van der Waals surface area contributed by atoms with Crippen molar-refractivity contribution >= 4 is 11.1 Å². The van der Waals surface area contributed by atoms with Gasteiger partial charge >= 0.3 is 5.69 Å². The fraction of sp³-hybridized carbons (Fsp3) is 0.250. The van der Waals surface area contributed by atoms with E-state index in [9.17, 15) is 9.00 Å². The minimum atomic E-state index is -1.71. The standard InChI is InChI=1S/C28H30N2O3S/c31-28-29(21-13-2-1-3-14-22-34(32)33)26(23-15-7-4-8-16-23)27(24-17-9-5-10-18-24)30(28)25-19-11-6-12-20-25/h4-12,15-20H,1-3,13-14,21-22H2,(H,32,33). The molecule has 0 spiro atoms. The molecule has 0 aliphatic heterocycles. The number of aromatic nitrogens is 2. The van der Waals surface area contributed by atoms with Crippen LogP contribution in [0.5, 0.6) is 0 Å². The van der Waals surface area contributed by atoms with Crippen LogP contribution in [0.1, 0.15) is 32.1 Å². The Morgan fingerprint density at radius 1 is 0.647 bits per heavy atom. The van der Waals surface area contributed by atoms with E-state index in [1.807, 2.05) is 75.9 Å². The molecule has 4 rings (SSSR count). The minimum Gasteiger partial charge on any atom is -0.306 e. The minimum absolute atomic E-state index is 0.0421. The molecule has 4 aromatic rings. The van der Waals surface area contributed by atoms with Gasteiger partial charge in [0.1, 0.15) is 0 Å². The number of unbranched alkanes of at least 4 members (excludes halogenated alkanes) is 4.